The number of carbonyl (C=O) groups is 2. The summed E-state index contributed by atoms with van der Waals surface area (Å²) < 4.78 is 5.54. The predicted molar refractivity (Wildman–Crippen MR) is 101 cm³/mol. The zero-order chi connectivity index (χ0) is 19.8. The Morgan fingerprint density at radius 2 is 1.96 bits per heavy atom. The number of non-ortho nitro benzene ring substituents is 1. The summed E-state index contributed by atoms with van der Waals surface area (Å²) in [5, 5.41) is 13.6. The number of nitro benzene ring substituents is 1. The molecule has 0 aromatic heterocycles. The standard InChI is InChI=1S/C20H22N2O5/c1-3-15(16-7-5-4-6-8-16)12-21-20(24)14(2)27-19-10-9-18(22(25)26)11-17(19)13-23/h4-11,13-15H,3,12H2,1-2H3,(H,21,24)/t14-,15-/m0/s1. The van der Waals surface area contributed by atoms with E-state index in [4.69, 9.17) is 4.74 Å². The Balaban J connectivity index is 1.99. The number of amides is 1. The summed E-state index contributed by atoms with van der Waals surface area (Å²) in [7, 11) is 0. The van der Waals surface area contributed by atoms with Crippen LogP contribution in [-0.2, 0) is 4.79 Å². The third-order valence-electron chi connectivity index (χ3n) is 4.29. The van der Waals surface area contributed by atoms with Crippen LogP contribution in [0.1, 0.15) is 42.1 Å². The number of nitrogens with one attached hydrogen (secondary N) is 1. The van der Waals surface area contributed by atoms with Gasteiger partial charge in [0.15, 0.2) is 12.4 Å². The first-order valence-corrected chi connectivity index (χ1v) is 8.69. The number of ether oxygens (including phenoxy) is 1. The second kappa shape index (κ2) is 9.47. The number of benzene rings is 2. The van der Waals surface area contributed by atoms with E-state index in [2.05, 4.69) is 12.2 Å². The highest BCUT2D eigenvalue weighted by Crippen LogP contribution is 2.24. The lowest BCUT2D eigenvalue weighted by atomic mass is 9.96. The first-order chi connectivity index (χ1) is 13.0. The fourth-order valence-corrected chi connectivity index (χ4v) is 2.68. The molecule has 2 rings (SSSR count). The van der Waals surface area contributed by atoms with Crippen LogP contribution in [-0.4, -0.2) is 29.8 Å². The van der Waals surface area contributed by atoms with Gasteiger partial charge in [0.2, 0.25) is 0 Å². The monoisotopic (exact) mass is 370 g/mol. The average Bonchev–Trinajstić information content (AvgIpc) is 2.69. The van der Waals surface area contributed by atoms with Crippen LogP contribution in [0.3, 0.4) is 0 Å². The van der Waals surface area contributed by atoms with Crippen molar-refractivity contribution in [1.29, 1.82) is 0 Å². The first kappa shape index (κ1) is 20.1. The van der Waals surface area contributed by atoms with Crippen molar-refractivity contribution in [3.8, 4) is 5.75 Å². The summed E-state index contributed by atoms with van der Waals surface area (Å²) in [5.41, 5.74) is 0.960. The van der Waals surface area contributed by atoms with Crippen molar-refractivity contribution in [1.82, 2.24) is 5.32 Å². The Kier molecular flexibility index (Phi) is 7.05. The summed E-state index contributed by atoms with van der Waals surface area (Å²) in [4.78, 5) is 33.7. The minimum absolute atomic E-state index is 0.0274. The van der Waals surface area contributed by atoms with Crippen LogP contribution in [0.2, 0.25) is 0 Å². The van der Waals surface area contributed by atoms with Gasteiger partial charge in [-0.05, 0) is 25.0 Å². The summed E-state index contributed by atoms with van der Waals surface area (Å²) in [6.07, 6.45) is 0.491. The van der Waals surface area contributed by atoms with E-state index in [-0.39, 0.29) is 28.8 Å². The number of nitrogens with zero attached hydrogens (tertiary/aromatic N) is 1. The van der Waals surface area contributed by atoms with Gasteiger partial charge in [0.25, 0.3) is 11.6 Å². The molecule has 0 aliphatic carbocycles. The van der Waals surface area contributed by atoms with E-state index in [1.165, 1.54) is 12.1 Å². The molecule has 1 N–H and O–H groups in total. The molecule has 7 nitrogen and oxygen atoms in total. The van der Waals surface area contributed by atoms with E-state index in [0.29, 0.717) is 12.8 Å². The number of rotatable bonds is 9. The molecule has 0 aliphatic rings. The summed E-state index contributed by atoms with van der Waals surface area (Å²) in [5.74, 6) is 0.000180. The number of nitro groups is 1. The molecule has 0 aliphatic heterocycles. The smallest absolute Gasteiger partial charge is 0.270 e. The van der Waals surface area contributed by atoms with Gasteiger partial charge in [-0.25, -0.2) is 0 Å². The van der Waals surface area contributed by atoms with Crippen LogP contribution < -0.4 is 10.1 Å². The number of hydrogen-bond donors (Lipinski definition) is 1. The molecule has 0 radical (unpaired) electrons. The molecular weight excluding hydrogens is 348 g/mol. The molecule has 0 bridgehead atoms. The molecule has 142 valence electrons. The highest BCUT2D eigenvalue weighted by molar-refractivity contribution is 5.83. The molecule has 2 atom stereocenters. The third-order valence-corrected chi connectivity index (χ3v) is 4.29. The molecular formula is C20H22N2O5. The number of aldehydes is 1. The highest BCUT2D eigenvalue weighted by atomic mass is 16.6. The van der Waals surface area contributed by atoms with Gasteiger partial charge in [0.1, 0.15) is 5.75 Å². The Morgan fingerprint density at radius 3 is 2.56 bits per heavy atom. The zero-order valence-corrected chi connectivity index (χ0v) is 15.3. The van der Waals surface area contributed by atoms with E-state index < -0.39 is 11.0 Å². The number of carbonyl (C=O) groups excluding carboxylic acids is 2. The second-order valence-electron chi connectivity index (χ2n) is 6.12. The number of hydrogen-bond acceptors (Lipinski definition) is 5. The van der Waals surface area contributed by atoms with Crippen molar-refractivity contribution in [3.63, 3.8) is 0 Å². The van der Waals surface area contributed by atoms with Crippen molar-refractivity contribution in [2.24, 2.45) is 0 Å². The molecule has 0 saturated carbocycles. The molecule has 0 heterocycles. The molecule has 2 aromatic rings. The normalized spacial score (nSPS) is 12.7. The van der Waals surface area contributed by atoms with E-state index in [9.17, 15) is 19.7 Å². The summed E-state index contributed by atoms with van der Waals surface area (Å²) in [6, 6.07) is 13.6. The minimum Gasteiger partial charge on any atom is -0.480 e. The second-order valence-corrected chi connectivity index (χ2v) is 6.12. The first-order valence-electron chi connectivity index (χ1n) is 8.69. The predicted octanol–water partition coefficient (Wildman–Crippen LogP) is 3.48. The largest absolute Gasteiger partial charge is 0.480 e. The molecule has 0 fully saturated rings. The molecule has 0 spiro atoms. The molecule has 7 heteroatoms. The van der Waals surface area contributed by atoms with Gasteiger partial charge in [-0.3, -0.25) is 19.7 Å². The van der Waals surface area contributed by atoms with Crippen LogP contribution in [0.15, 0.2) is 48.5 Å². The lowest BCUT2D eigenvalue weighted by molar-refractivity contribution is -0.384. The van der Waals surface area contributed by atoms with E-state index in [0.717, 1.165) is 18.1 Å². The van der Waals surface area contributed by atoms with Crippen molar-refractivity contribution in [2.45, 2.75) is 32.3 Å². The van der Waals surface area contributed by atoms with Gasteiger partial charge < -0.3 is 10.1 Å². The molecule has 0 unspecified atom stereocenters. The van der Waals surface area contributed by atoms with Crippen LogP contribution in [0.4, 0.5) is 5.69 Å². The van der Waals surface area contributed by atoms with Gasteiger partial charge in [0.05, 0.1) is 10.5 Å². The molecule has 0 saturated heterocycles. The van der Waals surface area contributed by atoms with Crippen LogP contribution in [0.5, 0.6) is 5.75 Å². The Labute approximate surface area is 157 Å². The molecule has 1 amide bonds. The van der Waals surface area contributed by atoms with Crippen molar-refractivity contribution in [2.75, 3.05) is 6.54 Å². The molecule has 27 heavy (non-hydrogen) atoms. The maximum atomic E-state index is 12.3. The highest BCUT2D eigenvalue weighted by Gasteiger charge is 2.19. The average molecular weight is 370 g/mol. The maximum absolute atomic E-state index is 12.3. The van der Waals surface area contributed by atoms with Crippen molar-refractivity contribution < 1.29 is 19.2 Å². The van der Waals surface area contributed by atoms with Crippen LogP contribution >= 0.6 is 0 Å². The van der Waals surface area contributed by atoms with Gasteiger partial charge in [-0.1, -0.05) is 37.3 Å². The SMILES string of the molecule is CC[C@@H](CNC(=O)[C@H](C)Oc1ccc([N+](=O)[O-])cc1C=O)c1ccccc1. The quantitative estimate of drug-likeness (QED) is 0.414. The lowest BCUT2D eigenvalue weighted by Gasteiger charge is -2.19. The fraction of sp³-hybridized carbons (Fsp3) is 0.300. The van der Waals surface area contributed by atoms with Crippen LogP contribution in [0, 0.1) is 10.1 Å². The summed E-state index contributed by atoms with van der Waals surface area (Å²) >= 11 is 0. The van der Waals surface area contributed by atoms with Gasteiger partial charge in [-0.2, -0.15) is 0 Å². The van der Waals surface area contributed by atoms with Gasteiger partial charge in [-0.15, -0.1) is 0 Å². The van der Waals surface area contributed by atoms with E-state index in [1.54, 1.807) is 6.92 Å². The van der Waals surface area contributed by atoms with E-state index >= 15 is 0 Å². The van der Waals surface area contributed by atoms with Crippen molar-refractivity contribution >= 4 is 17.9 Å². The Bertz CT molecular complexity index is 807. The maximum Gasteiger partial charge on any atom is 0.270 e. The molecule has 2 aromatic carbocycles. The van der Waals surface area contributed by atoms with Gasteiger partial charge >= 0.3 is 0 Å². The minimum atomic E-state index is -0.849. The Morgan fingerprint density at radius 1 is 1.26 bits per heavy atom. The topological polar surface area (TPSA) is 98.5 Å². The van der Waals surface area contributed by atoms with Gasteiger partial charge in [0, 0.05) is 24.6 Å². The van der Waals surface area contributed by atoms with Crippen LogP contribution in [0.25, 0.3) is 0 Å². The third kappa shape index (κ3) is 5.37. The lowest BCUT2D eigenvalue weighted by Crippen LogP contribution is -2.38. The Hall–Kier alpha value is -3.22. The van der Waals surface area contributed by atoms with E-state index in [1.807, 2.05) is 30.3 Å². The van der Waals surface area contributed by atoms with Crippen molar-refractivity contribution in [3.05, 3.63) is 69.8 Å². The zero-order valence-electron chi connectivity index (χ0n) is 15.3. The fourth-order valence-electron chi connectivity index (χ4n) is 2.68. The summed E-state index contributed by atoms with van der Waals surface area (Å²) in [6.45, 7) is 4.08.